The van der Waals surface area contributed by atoms with E-state index in [1.807, 2.05) is 0 Å². The number of hydrogen-bond acceptors (Lipinski definition) is 0. The molecule has 0 spiro atoms. The highest BCUT2D eigenvalue weighted by atomic mass is 31.1. The van der Waals surface area contributed by atoms with Crippen LogP contribution in [0.2, 0.25) is 0 Å². The topological polar surface area (TPSA) is 0 Å². The van der Waals surface area contributed by atoms with Gasteiger partial charge in [-0.3, -0.25) is 0 Å². The maximum Gasteiger partial charge on any atom is -0.0385 e. The fraction of sp³-hybridized carbons (Fsp3) is 0.600. The first kappa shape index (κ1) is 9.48. The predicted molar refractivity (Wildman–Crippen MR) is 36.0 cm³/mol. The minimum Gasteiger partial charge on any atom is -0.126 e. The van der Waals surface area contributed by atoms with Crippen molar-refractivity contribution in [2.75, 3.05) is 12.8 Å². The lowest BCUT2D eigenvalue weighted by atomic mass is 11.0. The lowest BCUT2D eigenvalue weighted by Gasteiger charge is -1.69. The van der Waals surface area contributed by atoms with Gasteiger partial charge in [-0.1, -0.05) is 6.92 Å². The van der Waals surface area contributed by atoms with Crippen LogP contribution >= 0.6 is 8.58 Å². The Hall–Kier alpha value is 0.170. The molecule has 0 saturated carbocycles. The third-order valence-corrected chi connectivity index (χ3v) is 1.06. The minimum atomic E-state index is 1.14. The standard InChI is InChI=1S/C3H9P.C2H4/c1-3-4-2;1-2/h4H,3H2,1-2H3;1-2H2. The van der Waals surface area contributed by atoms with Crippen LogP contribution in [0.15, 0.2) is 13.2 Å². The normalized spacial score (nSPS) is 7.67. The van der Waals surface area contributed by atoms with Crippen LogP contribution in [0.4, 0.5) is 0 Å². The van der Waals surface area contributed by atoms with E-state index in [0.29, 0.717) is 0 Å². The summed E-state index contributed by atoms with van der Waals surface area (Å²) in [4.78, 5) is 0. The van der Waals surface area contributed by atoms with Crippen LogP contribution in [0.25, 0.3) is 0 Å². The third-order valence-electron chi connectivity index (χ3n) is 0.354. The molecule has 1 heteroatoms. The van der Waals surface area contributed by atoms with Gasteiger partial charge in [0.15, 0.2) is 0 Å². The average Bonchev–Trinajstić information content (AvgIpc) is 1.72. The highest BCUT2D eigenvalue weighted by molar-refractivity contribution is 7.36. The number of hydrogen-bond donors (Lipinski definition) is 0. The quantitative estimate of drug-likeness (QED) is 0.353. The first-order valence-corrected chi connectivity index (χ1v) is 3.77. The van der Waals surface area contributed by atoms with Gasteiger partial charge < -0.3 is 0 Å². The summed E-state index contributed by atoms with van der Waals surface area (Å²) in [5.74, 6) is 0. The Morgan fingerprint density at radius 3 is 1.67 bits per heavy atom. The zero-order valence-electron chi connectivity index (χ0n) is 4.62. The Morgan fingerprint density at radius 2 is 1.67 bits per heavy atom. The van der Waals surface area contributed by atoms with Crippen LogP contribution in [-0.2, 0) is 0 Å². The maximum absolute atomic E-state index is 3.00. The summed E-state index contributed by atoms with van der Waals surface area (Å²) in [7, 11) is 1.14. The zero-order valence-corrected chi connectivity index (χ0v) is 5.62. The summed E-state index contributed by atoms with van der Waals surface area (Å²) >= 11 is 0. The molecular formula is C5H13P. The van der Waals surface area contributed by atoms with Gasteiger partial charge in [-0.15, -0.1) is 21.7 Å². The maximum atomic E-state index is 3.00. The predicted octanol–water partition coefficient (Wildman–Crippen LogP) is 2.12. The Labute approximate surface area is 42.4 Å². The molecule has 0 aromatic rings. The molecular weight excluding hydrogens is 91.0 g/mol. The molecule has 1 atom stereocenters. The van der Waals surface area contributed by atoms with Crippen molar-refractivity contribution in [1.82, 2.24) is 0 Å². The van der Waals surface area contributed by atoms with E-state index in [1.54, 1.807) is 0 Å². The highest BCUT2D eigenvalue weighted by Crippen LogP contribution is 1.95. The summed E-state index contributed by atoms with van der Waals surface area (Å²) in [6, 6.07) is 0. The molecule has 0 saturated heterocycles. The van der Waals surface area contributed by atoms with E-state index in [0.717, 1.165) is 8.58 Å². The van der Waals surface area contributed by atoms with Crippen LogP contribution in [0.3, 0.4) is 0 Å². The van der Waals surface area contributed by atoms with Gasteiger partial charge >= 0.3 is 0 Å². The van der Waals surface area contributed by atoms with Gasteiger partial charge in [-0.25, -0.2) is 0 Å². The third kappa shape index (κ3) is 30.6. The lowest BCUT2D eigenvalue weighted by molar-refractivity contribution is 1.52. The molecule has 0 radical (unpaired) electrons. The molecule has 0 fully saturated rings. The second kappa shape index (κ2) is 19.1. The molecule has 0 nitrogen and oxygen atoms in total. The molecule has 0 aliphatic heterocycles. The molecule has 0 amide bonds. The molecule has 0 rings (SSSR count). The van der Waals surface area contributed by atoms with E-state index in [1.165, 1.54) is 6.16 Å². The van der Waals surface area contributed by atoms with E-state index in [9.17, 15) is 0 Å². The van der Waals surface area contributed by atoms with Crippen LogP contribution in [-0.4, -0.2) is 12.8 Å². The fourth-order valence-electron chi connectivity index (χ4n) is 0. The monoisotopic (exact) mass is 104 g/mol. The Morgan fingerprint density at radius 1 is 1.50 bits per heavy atom. The van der Waals surface area contributed by atoms with E-state index in [-0.39, 0.29) is 0 Å². The second-order valence-electron chi connectivity index (χ2n) is 0.707. The van der Waals surface area contributed by atoms with Crippen molar-refractivity contribution in [2.24, 2.45) is 0 Å². The first-order valence-electron chi connectivity index (χ1n) is 2.06. The Balaban J connectivity index is 0. The van der Waals surface area contributed by atoms with Crippen LogP contribution in [0, 0.1) is 0 Å². The Bertz CT molecular complexity index is 11.4. The molecule has 6 heavy (non-hydrogen) atoms. The molecule has 0 aliphatic carbocycles. The highest BCUT2D eigenvalue weighted by Gasteiger charge is 1.55. The van der Waals surface area contributed by atoms with Crippen LogP contribution in [0.1, 0.15) is 6.92 Å². The molecule has 0 aliphatic rings. The van der Waals surface area contributed by atoms with Gasteiger partial charge in [-0.05, 0) is 12.8 Å². The van der Waals surface area contributed by atoms with Crippen molar-refractivity contribution >= 4 is 8.58 Å². The van der Waals surface area contributed by atoms with Gasteiger partial charge in [0.1, 0.15) is 0 Å². The van der Waals surface area contributed by atoms with Gasteiger partial charge in [0.25, 0.3) is 0 Å². The van der Waals surface area contributed by atoms with E-state index in [2.05, 4.69) is 26.7 Å². The largest absolute Gasteiger partial charge is 0.126 e. The summed E-state index contributed by atoms with van der Waals surface area (Å²) in [5, 5.41) is 0. The summed E-state index contributed by atoms with van der Waals surface area (Å²) < 4.78 is 0. The van der Waals surface area contributed by atoms with Crippen molar-refractivity contribution < 1.29 is 0 Å². The van der Waals surface area contributed by atoms with Gasteiger partial charge in [0.05, 0.1) is 0 Å². The molecule has 0 aromatic heterocycles. The Kier molecular flexibility index (Phi) is 30.2. The van der Waals surface area contributed by atoms with Crippen molar-refractivity contribution in [3.63, 3.8) is 0 Å². The summed E-state index contributed by atoms with van der Waals surface area (Å²) in [6.45, 7) is 10.4. The fourth-order valence-corrected chi connectivity index (χ4v) is 0. The molecule has 0 bridgehead atoms. The van der Waals surface area contributed by atoms with Gasteiger partial charge in [0.2, 0.25) is 0 Å². The second-order valence-corrected chi connectivity index (χ2v) is 2.12. The molecule has 0 aromatic carbocycles. The van der Waals surface area contributed by atoms with Crippen molar-refractivity contribution in [3.8, 4) is 0 Å². The van der Waals surface area contributed by atoms with Crippen molar-refractivity contribution in [2.45, 2.75) is 6.92 Å². The molecule has 38 valence electrons. The van der Waals surface area contributed by atoms with Crippen LogP contribution in [0.5, 0.6) is 0 Å². The average molecular weight is 104 g/mol. The van der Waals surface area contributed by atoms with Crippen molar-refractivity contribution in [1.29, 1.82) is 0 Å². The first-order chi connectivity index (χ1) is 2.91. The minimum absolute atomic E-state index is 1.14. The molecule has 0 heterocycles. The van der Waals surface area contributed by atoms with Crippen LogP contribution < -0.4 is 0 Å². The van der Waals surface area contributed by atoms with E-state index < -0.39 is 0 Å². The SMILES string of the molecule is C=C.CCPC. The number of rotatable bonds is 1. The summed E-state index contributed by atoms with van der Waals surface area (Å²) in [6.07, 6.45) is 1.35. The molecule has 0 N–H and O–H groups in total. The smallest absolute Gasteiger partial charge is 0.0385 e. The van der Waals surface area contributed by atoms with Crippen molar-refractivity contribution in [3.05, 3.63) is 13.2 Å². The van der Waals surface area contributed by atoms with E-state index in [4.69, 9.17) is 0 Å². The summed E-state index contributed by atoms with van der Waals surface area (Å²) in [5.41, 5.74) is 0. The van der Waals surface area contributed by atoms with Gasteiger partial charge in [-0.2, -0.15) is 0 Å². The molecule has 1 unspecified atom stereocenters. The van der Waals surface area contributed by atoms with E-state index >= 15 is 0 Å². The zero-order chi connectivity index (χ0) is 5.41. The lowest BCUT2D eigenvalue weighted by Crippen LogP contribution is -1.47. The van der Waals surface area contributed by atoms with Gasteiger partial charge in [0, 0.05) is 0 Å².